The van der Waals surface area contributed by atoms with E-state index in [1.807, 2.05) is 29.2 Å². The summed E-state index contributed by atoms with van der Waals surface area (Å²) < 4.78 is 14.6. The summed E-state index contributed by atoms with van der Waals surface area (Å²) >= 11 is 0. The van der Waals surface area contributed by atoms with Crippen LogP contribution in [0.2, 0.25) is 0 Å². The van der Waals surface area contributed by atoms with Gasteiger partial charge in [-0.25, -0.2) is 13.9 Å². The molecule has 2 bridgehead atoms. The maximum absolute atomic E-state index is 13.5. The van der Waals surface area contributed by atoms with Crippen LogP contribution >= 0.6 is 0 Å². The average Bonchev–Trinajstić information content (AvgIpc) is 3.03. The fraction of sp³-hybridized carbons (Fsp3) is 0.269. The topological polar surface area (TPSA) is 122 Å². The van der Waals surface area contributed by atoms with Crippen molar-refractivity contribution in [3.8, 4) is 11.1 Å². The third-order valence-electron chi connectivity index (χ3n) is 7.12. The molecule has 3 aliphatic heterocycles. The fourth-order valence-electron chi connectivity index (χ4n) is 5.19. The number of aromatic nitrogens is 4. The number of piperidine rings is 1. The Hall–Kier alpha value is -4.38. The van der Waals surface area contributed by atoms with Crippen LogP contribution in [0.1, 0.15) is 33.6 Å². The van der Waals surface area contributed by atoms with Gasteiger partial charge >= 0.3 is 0 Å². The van der Waals surface area contributed by atoms with Crippen LogP contribution in [0.25, 0.3) is 16.8 Å². The van der Waals surface area contributed by atoms with Crippen molar-refractivity contribution in [3.05, 3.63) is 72.1 Å². The highest BCUT2D eigenvalue weighted by atomic mass is 19.1. The molecule has 0 radical (unpaired) electrons. The Morgan fingerprint density at radius 2 is 1.81 bits per heavy atom. The molecule has 4 aromatic rings. The molecule has 37 heavy (non-hydrogen) atoms. The van der Waals surface area contributed by atoms with Crippen LogP contribution in [-0.2, 0) is 0 Å². The van der Waals surface area contributed by atoms with Gasteiger partial charge < -0.3 is 20.9 Å². The minimum Gasteiger partial charge on any atom is -0.381 e. The summed E-state index contributed by atoms with van der Waals surface area (Å²) in [7, 11) is 0. The number of fused-ring (bicyclic) bond motifs is 5. The maximum atomic E-state index is 13.5. The van der Waals surface area contributed by atoms with Gasteiger partial charge in [-0.15, -0.1) is 5.10 Å². The lowest BCUT2D eigenvalue weighted by molar-refractivity contribution is 0.0684. The summed E-state index contributed by atoms with van der Waals surface area (Å²) in [6.45, 7) is 3.78. The highest BCUT2D eigenvalue weighted by Crippen LogP contribution is 2.29. The molecule has 0 saturated carbocycles. The summed E-state index contributed by atoms with van der Waals surface area (Å²) in [5.74, 6) is -1.15. The molecule has 3 aliphatic rings. The van der Waals surface area contributed by atoms with Crippen LogP contribution < -0.4 is 11.1 Å². The normalized spacial score (nSPS) is 19.1. The molecule has 6 heterocycles. The van der Waals surface area contributed by atoms with Gasteiger partial charge in [0, 0.05) is 49.5 Å². The minimum absolute atomic E-state index is 0.0404. The Bertz CT molecular complexity index is 1490. The molecule has 188 valence electrons. The van der Waals surface area contributed by atoms with Crippen molar-refractivity contribution in [2.45, 2.75) is 18.9 Å². The minimum atomic E-state index is -0.598. The number of nitrogens with zero attached hydrogens (tertiary/aromatic N) is 6. The van der Waals surface area contributed by atoms with Crippen molar-refractivity contribution in [2.75, 3.05) is 37.2 Å². The molecule has 10 nitrogen and oxygen atoms in total. The Labute approximate surface area is 211 Å². The first kappa shape index (κ1) is 23.0. The highest BCUT2D eigenvalue weighted by Gasteiger charge is 2.32. The van der Waals surface area contributed by atoms with Crippen LogP contribution in [0.15, 0.2) is 55.1 Å². The van der Waals surface area contributed by atoms with Crippen molar-refractivity contribution in [1.29, 1.82) is 0 Å². The van der Waals surface area contributed by atoms with E-state index in [0.29, 0.717) is 17.3 Å². The van der Waals surface area contributed by atoms with Gasteiger partial charge in [-0.2, -0.15) is 0 Å². The largest absolute Gasteiger partial charge is 0.381 e. The number of hydrogen-bond acceptors (Lipinski definition) is 7. The summed E-state index contributed by atoms with van der Waals surface area (Å²) in [6, 6.07) is 9.45. The van der Waals surface area contributed by atoms with Gasteiger partial charge in [-0.05, 0) is 36.6 Å². The molecule has 0 spiro atoms. The fourth-order valence-corrected chi connectivity index (χ4v) is 5.19. The van der Waals surface area contributed by atoms with E-state index in [4.69, 9.17) is 5.73 Å². The number of anilines is 2. The van der Waals surface area contributed by atoms with Gasteiger partial charge in [0.15, 0.2) is 17.3 Å². The number of nitrogen functional groups attached to an aromatic ring is 1. The van der Waals surface area contributed by atoms with E-state index < -0.39 is 11.7 Å². The first-order valence-corrected chi connectivity index (χ1v) is 12.2. The number of nitrogens with two attached hydrogens (primary N) is 1. The standard InChI is InChI=1S/C26H25FN8O2/c27-18-13-30-24-22(23(28)32-35(24)15-18)25(36)31-21-14-29-8-5-20(21)16-1-3-17(4-2-16)26(37)34-12-11-33-9-6-19(34)7-10-33/h1-5,8,13-15,19H,6-7,9-12H2,(H2,28,32)(H,31,36). The summed E-state index contributed by atoms with van der Waals surface area (Å²) in [4.78, 5) is 38.9. The second-order valence-corrected chi connectivity index (χ2v) is 9.32. The average molecular weight is 501 g/mol. The Kier molecular flexibility index (Phi) is 5.76. The molecule has 3 aromatic heterocycles. The van der Waals surface area contributed by atoms with Crippen molar-refractivity contribution >= 4 is 29.0 Å². The molecule has 0 atom stereocenters. The number of pyridine rings is 1. The van der Waals surface area contributed by atoms with Crippen LogP contribution in [-0.4, -0.2) is 73.4 Å². The molecular formula is C26H25FN8O2. The lowest BCUT2D eigenvalue weighted by Crippen LogP contribution is -2.41. The van der Waals surface area contributed by atoms with Crippen LogP contribution in [0.5, 0.6) is 0 Å². The van der Waals surface area contributed by atoms with E-state index in [1.165, 1.54) is 6.20 Å². The van der Waals surface area contributed by atoms with Crippen LogP contribution in [0.3, 0.4) is 0 Å². The lowest BCUT2D eigenvalue weighted by atomic mass is 10.0. The van der Waals surface area contributed by atoms with E-state index in [1.54, 1.807) is 12.3 Å². The zero-order valence-electron chi connectivity index (χ0n) is 20.0. The third kappa shape index (κ3) is 4.27. The third-order valence-corrected chi connectivity index (χ3v) is 7.12. The van der Waals surface area contributed by atoms with E-state index >= 15 is 0 Å². The van der Waals surface area contributed by atoms with E-state index in [0.717, 1.165) is 67.1 Å². The van der Waals surface area contributed by atoms with Gasteiger partial charge in [0.25, 0.3) is 11.8 Å². The predicted octanol–water partition coefficient (Wildman–Crippen LogP) is 2.69. The summed E-state index contributed by atoms with van der Waals surface area (Å²) in [6.07, 6.45) is 7.30. The second-order valence-electron chi connectivity index (χ2n) is 9.32. The van der Waals surface area contributed by atoms with Crippen molar-refractivity contribution in [2.24, 2.45) is 0 Å². The molecule has 0 unspecified atom stereocenters. The van der Waals surface area contributed by atoms with Gasteiger partial charge in [0.1, 0.15) is 5.56 Å². The molecule has 11 heteroatoms. The number of rotatable bonds is 4. The first-order valence-electron chi connectivity index (χ1n) is 12.2. The quantitative estimate of drug-likeness (QED) is 0.442. The van der Waals surface area contributed by atoms with Crippen molar-refractivity contribution < 1.29 is 14.0 Å². The van der Waals surface area contributed by atoms with Crippen molar-refractivity contribution in [3.63, 3.8) is 0 Å². The number of amides is 2. The SMILES string of the molecule is Nc1nn2cc(F)cnc2c1C(=O)Nc1cnccc1-c1ccc(C(=O)N2CCN3CCC2CC3)cc1. The monoisotopic (exact) mass is 500 g/mol. The first-order chi connectivity index (χ1) is 18.0. The molecule has 7 rings (SSSR count). The van der Waals surface area contributed by atoms with E-state index in [9.17, 15) is 14.0 Å². The zero-order chi connectivity index (χ0) is 25.5. The molecule has 3 saturated heterocycles. The number of hydrogen-bond donors (Lipinski definition) is 2. The Morgan fingerprint density at radius 3 is 2.59 bits per heavy atom. The van der Waals surface area contributed by atoms with Crippen LogP contribution in [0, 0.1) is 5.82 Å². The van der Waals surface area contributed by atoms with Crippen molar-refractivity contribution in [1.82, 2.24) is 29.4 Å². The molecule has 3 N–H and O–H groups in total. The lowest BCUT2D eigenvalue weighted by Gasteiger charge is -2.31. The molecule has 1 aromatic carbocycles. The van der Waals surface area contributed by atoms with E-state index in [2.05, 4.69) is 25.3 Å². The van der Waals surface area contributed by atoms with Crippen LogP contribution in [0.4, 0.5) is 15.9 Å². The number of nitrogens with one attached hydrogen (secondary N) is 1. The predicted molar refractivity (Wildman–Crippen MR) is 135 cm³/mol. The number of halogens is 1. The molecule has 2 amide bonds. The zero-order valence-corrected chi connectivity index (χ0v) is 20.0. The molecule has 0 aliphatic carbocycles. The summed E-state index contributed by atoms with van der Waals surface area (Å²) in [5, 5.41) is 6.80. The van der Waals surface area contributed by atoms with E-state index in [-0.39, 0.29) is 22.9 Å². The van der Waals surface area contributed by atoms with Gasteiger partial charge in [-0.3, -0.25) is 14.6 Å². The molecular weight excluding hydrogens is 475 g/mol. The molecule has 3 fully saturated rings. The smallest absolute Gasteiger partial charge is 0.263 e. The Balaban J connectivity index is 1.25. The number of carbonyl (C=O) groups is 2. The second kappa shape index (κ2) is 9.25. The number of carbonyl (C=O) groups excluding carboxylic acids is 2. The maximum Gasteiger partial charge on any atom is 0.263 e. The summed E-state index contributed by atoms with van der Waals surface area (Å²) in [5.41, 5.74) is 8.74. The number of benzene rings is 1. The highest BCUT2D eigenvalue weighted by molar-refractivity contribution is 6.12. The van der Waals surface area contributed by atoms with Gasteiger partial charge in [0.2, 0.25) is 0 Å². The van der Waals surface area contributed by atoms with Gasteiger partial charge in [-0.1, -0.05) is 12.1 Å². The van der Waals surface area contributed by atoms with Gasteiger partial charge in [0.05, 0.1) is 24.3 Å². The Morgan fingerprint density at radius 1 is 1.03 bits per heavy atom.